The highest BCUT2D eigenvalue weighted by molar-refractivity contribution is 9.10. The van der Waals surface area contributed by atoms with Crippen molar-refractivity contribution in [1.82, 2.24) is 10.2 Å². The molecule has 1 aromatic heterocycles. The van der Waals surface area contributed by atoms with Crippen LogP contribution in [0.5, 0.6) is 0 Å². The number of halogens is 1. The maximum Gasteiger partial charge on any atom is 0.151 e. The van der Waals surface area contributed by atoms with Gasteiger partial charge in [0, 0.05) is 18.1 Å². The molecule has 18 heavy (non-hydrogen) atoms. The van der Waals surface area contributed by atoms with Gasteiger partial charge in [0.05, 0.1) is 12.3 Å². The van der Waals surface area contributed by atoms with Crippen molar-refractivity contribution in [2.75, 3.05) is 11.9 Å². The van der Waals surface area contributed by atoms with E-state index in [0.717, 1.165) is 16.8 Å². The molecule has 0 unspecified atom stereocenters. The first kappa shape index (κ1) is 13.0. The Balaban J connectivity index is 2.06. The van der Waals surface area contributed by atoms with Crippen LogP contribution in [0, 0.1) is 0 Å². The number of rotatable bonds is 4. The van der Waals surface area contributed by atoms with Crippen molar-refractivity contribution in [3.8, 4) is 0 Å². The average molecular weight is 308 g/mol. The van der Waals surface area contributed by atoms with Gasteiger partial charge in [0.25, 0.3) is 0 Å². The molecule has 0 aliphatic rings. The molecular formula is C13H14BrN3O. The van der Waals surface area contributed by atoms with E-state index in [0.29, 0.717) is 5.69 Å². The summed E-state index contributed by atoms with van der Waals surface area (Å²) in [6.07, 6.45) is 0. The summed E-state index contributed by atoms with van der Waals surface area (Å²) in [5.41, 5.74) is 1.78. The molecule has 0 bridgehead atoms. The number of hydrogen-bond donors (Lipinski definition) is 1. The van der Waals surface area contributed by atoms with Crippen LogP contribution >= 0.6 is 15.9 Å². The Morgan fingerprint density at radius 2 is 1.83 bits per heavy atom. The lowest BCUT2D eigenvalue weighted by molar-refractivity contribution is 0.275. The smallest absolute Gasteiger partial charge is 0.151 e. The van der Waals surface area contributed by atoms with Crippen molar-refractivity contribution >= 4 is 21.7 Å². The fourth-order valence-electron chi connectivity index (χ4n) is 1.59. The van der Waals surface area contributed by atoms with Gasteiger partial charge in [-0.1, -0.05) is 28.1 Å². The van der Waals surface area contributed by atoms with E-state index in [1.165, 1.54) is 5.56 Å². The summed E-state index contributed by atoms with van der Waals surface area (Å²) in [7, 11) is 1.96. The molecule has 0 spiro atoms. The average Bonchev–Trinajstić information content (AvgIpc) is 2.41. The number of nitrogens with zero attached hydrogens (tertiary/aromatic N) is 3. The van der Waals surface area contributed by atoms with Crippen LogP contribution in [0.15, 0.2) is 40.9 Å². The predicted octanol–water partition coefficient (Wildman–Crippen LogP) is 2.37. The van der Waals surface area contributed by atoms with E-state index in [1.54, 1.807) is 6.07 Å². The van der Waals surface area contributed by atoms with E-state index in [2.05, 4.69) is 38.3 Å². The maximum absolute atomic E-state index is 8.91. The summed E-state index contributed by atoms with van der Waals surface area (Å²) >= 11 is 3.41. The highest BCUT2D eigenvalue weighted by atomic mass is 79.9. The second kappa shape index (κ2) is 5.93. The van der Waals surface area contributed by atoms with Gasteiger partial charge in [-0.25, -0.2) is 0 Å². The van der Waals surface area contributed by atoms with Crippen LogP contribution in [-0.4, -0.2) is 22.4 Å². The highest BCUT2D eigenvalue weighted by Crippen LogP contribution is 2.15. The van der Waals surface area contributed by atoms with Gasteiger partial charge in [-0.2, -0.15) is 5.10 Å². The molecule has 0 saturated heterocycles. The Morgan fingerprint density at radius 3 is 2.39 bits per heavy atom. The molecule has 1 heterocycles. The van der Waals surface area contributed by atoms with Crippen LogP contribution in [0.2, 0.25) is 0 Å². The molecule has 0 amide bonds. The summed E-state index contributed by atoms with van der Waals surface area (Å²) in [5.74, 6) is 0.787. The third-order valence-corrected chi connectivity index (χ3v) is 3.12. The summed E-state index contributed by atoms with van der Waals surface area (Å²) in [5, 5.41) is 16.9. The molecule has 2 aromatic rings. The molecule has 94 valence electrons. The van der Waals surface area contributed by atoms with Crippen molar-refractivity contribution < 1.29 is 5.11 Å². The van der Waals surface area contributed by atoms with Gasteiger partial charge in [0.15, 0.2) is 5.82 Å². The number of anilines is 1. The standard InChI is InChI=1S/C13H14BrN3O/c1-17(8-10-2-4-11(14)5-3-10)13-7-6-12(9-18)15-16-13/h2-7,18H,8-9H2,1H3. The minimum absolute atomic E-state index is 0.0797. The second-order valence-corrected chi connectivity index (χ2v) is 4.94. The minimum Gasteiger partial charge on any atom is -0.390 e. The molecule has 0 atom stereocenters. The molecule has 1 aromatic carbocycles. The van der Waals surface area contributed by atoms with Crippen molar-refractivity contribution in [2.24, 2.45) is 0 Å². The normalized spacial score (nSPS) is 10.4. The highest BCUT2D eigenvalue weighted by Gasteiger charge is 2.04. The van der Waals surface area contributed by atoms with Gasteiger partial charge in [-0.15, -0.1) is 5.10 Å². The third-order valence-electron chi connectivity index (χ3n) is 2.59. The van der Waals surface area contributed by atoms with Gasteiger partial charge in [0.1, 0.15) is 0 Å². The van der Waals surface area contributed by atoms with E-state index >= 15 is 0 Å². The van der Waals surface area contributed by atoms with Gasteiger partial charge in [0.2, 0.25) is 0 Å². The molecule has 0 aliphatic carbocycles. The van der Waals surface area contributed by atoms with E-state index in [9.17, 15) is 0 Å². The number of hydrogen-bond acceptors (Lipinski definition) is 4. The van der Waals surface area contributed by atoms with E-state index in [-0.39, 0.29) is 6.61 Å². The molecule has 4 nitrogen and oxygen atoms in total. The fourth-order valence-corrected chi connectivity index (χ4v) is 1.85. The molecule has 0 fully saturated rings. The molecule has 5 heteroatoms. The first-order valence-electron chi connectivity index (χ1n) is 5.58. The number of aromatic nitrogens is 2. The lowest BCUT2D eigenvalue weighted by Gasteiger charge is -2.17. The summed E-state index contributed by atoms with van der Waals surface area (Å²) < 4.78 is 1.07. The fraction of sp³-hybridized carbons (Fsp3) is 0.231. The SMILES string of the molecule is CN(Cc1ccc(Br)cc1)c1ccc(CO)nn1. The Labute approximate surface area is 114 Å². The van der Waals surface area contributed by atoms with Gasteiger partial charge >= 0.3 is 0 Å². The first-order valence-corrected chi connectivity index (χ1v) is 6.37. The van der Waals surface area contributed by atoms with Crippen molar-refractivity contribution in [1.29, 1.82) is 0 Å². The van der Waals surface area contributed by atoms with Gasteiger partial charge < -0.3 is 10.0 Å². The Hall–Kier alpha value is -1.46. The third kappa shape index (κ3) is 3.27. The van der Waals surface area contributed by atoms with Crippen LogP contribution in [0.25, 0.3) is 0 Å². The van der Waals surface area contributed by atoms with Crippen molar-refractivity contribution in [2.45, 2.75) is 13.2 Å². The Morgan fingerprint density at radius 1 is 1.11 bits per heavy atom. The number of aliphatic hydroxyl groups is 1. The molecule has 0 radical (unpaired) electrons. The zero-order chi connectivity index (χ0) is 13.0. The maximum atomic E-state index is 8.91. The topological polar surface area (TPSA) is 49.2 Å². The van der Waals surface area contributed by atoms with E-state index in [4.69, 9.17) is 5.11 Å². The zero-order valence-electron chi connectivity index (χ0n) is 10.0. The molecular weight excluding hydrogens is 294 g/mol. The number of aliphatic hydroxyl groups excluding tert-OH is 1. The lowest BCUT2D eigenvalue weighted by Crippen LogP contribution is -2.18. The zero-order valence-corrected chi connectivity index (χ0v) is 11.6. The molecule has 0 aliphatic heterocycles. The van der Waals surface area contributed by atoms with Crippen LogP contribution in [-0.2, 0) is 13.2 Å². The van der Waals surface area contributed by atoms with Gasteiger partial charge in [-0.3, -0.25) is 0 Å². The molecule has 2 rings (SSSR count). The largest absolute Gasteiger partial charge is 0.390 e. The summed E-state index contributed by atoms with van der Waals surface area (Å²) in [6, 6.07) is 11.8. The monoisotopic (exact) mass is 307 g/mol. The van der Waals surface area contributed by atoms with Crippen LogP contribution in [0.4, 0.5) is 5.82 Å². The predicted molar refractivity (Wildman–Crippen MR) is 74.2 cm³/mol. The summed E-state index contributed by atoms with van der Waals surface area (Å²) in [6.45, 7) is 0.685. The lowest BCUT2D eigenvalue weighted by atomic mass is 10.2. The van der Waals surface area contributed by atoms with Crippen LogP contribution in [0.3, 0.4) is 0 Å². The summed E-state index contributed by atoms with van der Waals surface area (Å²) in [4.78, 5) is 2.01. The van der Waals surface area contributed by atoms with E-state index in [1.807, 2.05) is 30.1 Å². The van der Waals surface area contributed by atoms with Crippen molar-refractivity contribution in [3.63, 3.8) is 0 Å². The first-order chi connectivity index (χ1) is 8.69. The molecule has 1 N–H and O–H groups in total. The minimum atomic E-state index is -0.0797. The van der Waals surface area contributed by atoms with Crippen LogP contribution < -0.4 is 4.90 Å². The Bertz CT molecular complexity index is 499. The quantitative estimate of drug-likeness (QED) is 0.942. The molecule has 0 saturated carbocycles. The van der Waals surface area contributed by atoms with Crippen LogP contribution in [0.1, 0.15) is 11.3 Å². The van der Waals surface area contributed by atoms with Crippen molar-refractivity contribution in [3.05, 3.63) is 52.1 Å². The number of benzene rings is 1. The van der Waals surface area contributed by atoms with E-state index < -0.39 is 0 Å². The van der Waals surface area contributed by atoms with Gasteiger partial charge in [-0.05, 0) is 29.8 Å². The Kier molecular flexibility index (Phi) is 4.28. The second-order valence-electron chi connectivity index (χ2n) is 4.02.